The molecular weight excluding hydrogens is 216 g/mol. The Morgan fingerprint density at radius 2 is 2.07 bits per heavy atom. The van der Waals surface area contributed by atoms with Gasteiger partial charge >= 0.3 is 0 Å². The zero-order chi connectivity index (χ0) is 10.7. The number of thioether (sulfide) groups is 1. The van der Waals surface area contributed by atoms with Crippen LogP contribution in [0.25, 0.3) is 0 Å². The van der Waals surface area contributed by atoms with Crippen LogP contribution in [-0.4, -0.2) is 10.5 Å². The van der Waals surface area contributed by atoms with Gasteiger partial charge in [-0.15, -0.1) is 11.8 Å². The Morgan fingerprint density at radius 1 is 1.43 bits per heavy atom. The van der Waals surface area contributed by atoms with Crippen molar-refractivity contribution in [2.24, 2.45) is 0 Å². The molecule has 0 bridgehead atoms. The molecule has 0 fully saturated rings. The summed E-state index contributed by atoms with van der Waals surface area (Å²) in [4.78, 5) is 12.0. The van der Waals surface area contributed by atoms with E-state index >= 15 is 0 Å². The molecule has 0 aliphatic heterocycles. The van der Waals surface area contributed by atoms with E-state index in [9.17, 15) is 4.79 Å². The highest BCUT2D eigenvalue weighted by Crippen LogP contribution is 2.28. The molecule has 0 amide bonds. The number of carbonyl (C=O) groups is 1. The normalized spacial score (nSPS) is 12.6. The summed E-state index contributed by atoms with van der Waals surface area (Å²) >= 11 is 6.91. The van der Waals surface area contributed by atoms with Crippen molar-refractivity contribution in [2.45, 2.75) is 30.9 Å². The number of rotatable bonds is 3. The van der Waals surface area contributed by atoms with Crippen LogP contribution < -0.4 is 0 Å². The zero-order valence-corrected chi connectivity index (χ0v) is 10.1. The van der Waals surface area contributed by atoms with E-state index in [-0.39, 0.29) is 10.5 Å². The average Bonchev–Trinajstić information content (AvgIpc) is 2.09. The predicted molar refractivity (Wildman–Crippen MR) is 62.1 cm³/mol. The Kier molecular flexibility index (Phi) is 4.02. The summed E-state index contributed by atoms with van der Waals surface area (Å²) in [6, 6.07) is 6.18. The molecular formula is C11H13ClOS. The minimum absolute atomic E-state index is 0.182. The fourth-order valence-corrected chi connectivity index (χ4v) is 2.17. The van der Waals surface area contributed by atoms with Crippen LogP contribution in [0, 0.1) is 13.8 Å². The predicted octanol–water partition coefficient (Wildman–Crippen LogP) is 3.55. The Morgan fingerprint density at radius 3 is 2.57 bits per heavy atom. The first kappa shape index (κ1) is 11.6. The smallest absolute Gasteiger partial charge is 0.234 e. The Labute approximate surface area is 93.8 Å². The van der Waals surface area contributed by atoms with E-state index in [0.717, 1.165) is 4.90 Å². The zero-order valence-electron chi connectivity index (χ0n) is 8.50. The van der Waals surface area contributed by atoms with Crippen LogP contribution in [0.1, 0.15) is 18.1 Å². The lowest BCUT2D eigenvalue weighted by Gasteiger charge is -2.09. The van der Waals surface area contributed by atoms with Crippen molar-refractivity contribution in [3.63, 3.8) is 0 Å². The van der Waals surface area contributed by atoms with Crippen molar-refractivity contribution in [1.82, 2.24) is 0 Å². The lowest BCUT2D eigenvalue weighted by Crippen LogP contribution is -2.05. The second-order valence-electron chi connectivity index (χ2n) is 3.33. The molecule has 0 aliphatic rings. The fourth-order valence-electron chi connectivity index (χ4n) is 1.17. The largest absolute Gasteiger partial charge is 0.280 e. The van der Waals surface area contributed by atoms with Crippen LogP contribution in [0.5, 0.6) is 0 Å². The van der Waals surface area contributed by atoms with Gasteiger partial charge in [0.25, 0.3) is 0 Å². The molecule has 1 aromatic rings. The third kappa shape index (κ3) is 3.03. The van der Waals surface area contributed by atoms with Crippen LogP contribution in [-0.2, 0) is 4.79 Å². The van der Waals surface area contributed by atoms with E-state index in [4.69, 9.17) is 11.6 Å². The summed E-state index contributed by atoms with van der Waals surface area (Å²) in [5, 5.41) is -0.479. The third-order valence-corrected chi connectivity index (χ3v) is 3.69. The summed E-state index contributed by atoms with van der Waals surface area (Å²) in [5.41, 5.74) is 2.43. The van der Waals surface area contributed by atoms with Crippen LogP contribution >= 0.6 is 23.4 Å². The maximum absolute atomic E-state index is 10.9. The van der Waals surface area contributed by atoms with Gasteiger partial charge in [0.15, 0.2) is 0 Å². The van der Waals surface area contributed by atoms with Crippen molar-refractivity contribution in [1.29, 1.82) is 0 Å². The van der Waals surface area contributed by atoms with Gasteiger partial charge in [-0.05, 0) is 44.0 Å². The topological polar surface area (TPSA) is 17.1 Å². The fraction of sp³-hybridized carbons (Fsp3) is 0.364. The third-order valence-electron chi connectivity index (χ3n) is 1.95. The molecule has 1 aromatic carbocycles. The van der Waals surface area contributed by atoms with Gasteiger partial charge in [-0.2, -0.15) is 0 Å². The number of benzene rings is 1. The van der Waals surface area contributed by atoms with Gasteiger partial charge in [-0.3, -0.25) is 4.79 Å². The molecule has 1 unspecified atom stereocenters. The highest BCUT2D eigenvalue weighted by Gasteiger charge is 2.12. The SMILES string of the molecule is Cc1ccc(SC(C)C(=O)Cl)c(C)c1. The number of halogens is 1. The summed E-state index contributed by atoms with van der Waals surface area (Å²) in [6.07, 6.45) is 0. The van der Waals surface area contributed by atoms with E-state index in [0.29, 0.717) is 0 Å². The molecule has 1 nitrogen and oxygen atoms in total. The summed E-state index contributed by atoms with van der Waals surface area (Å²) in [6.45, 7) is 5.91. The van der Waals surface area contributed by atoms with Gasteiger partial charge < -0.3 is 0 Å². The molecule has 0 aliphatic carbocycles. The van der Waals surface area contributed by atoms with E-state index in [2.05, 4.69) is 13.0 Å². The molecule has 0 saturated carbocycles. The van der Waals surface area contributed by atoms with E-state index < -0.39 is 0 Å². The van der Waals surface area contributed by atoms with Crippen molar-refractivity contribution < 1.29 is 4.79 Å². The first-order valence-electron chi connectivity index (χ1n) is 4.44. The second kappa shape index (κ2) is 4.85. The minimum atomic E-state index is -0.296. The maximum atomic E-state index is 10.9. The van der Waals surface area contributed by atoms with Crippen LogP contribution in [0.3, 0.4) is 0 Å². The van der Waals surface area contributed by atoms with Gasteiger partial charge in [-0.1, -0.05) is 17.7 Å². The highest BCUT2D eigenvalue weighted by molar-refractivity contribution is 8.00. The molecule has 1 atom stereocenters. The summed E-state index contributed by atoms with van der Waals surface area (Å²) < 4.78 is 0. The minimum Gasteiger partial charge on any atom is -0.280 e. The monoisotopic (exact) mass is 228 g/mol. The molecule has 76 valence electrons. The van der Waals surface area contributed by atoms with Gasteiger partial charge in [0.05, 0.1) is 5.25 Å². The molecule has 3 heteroatoms. The molecule has 0 aromatic heterocycles. The molecule has 0 radical (unpaired) electrons. The van der Waals surface area contributed by atoms with E-state index in [1.807, 2.05) is 26.0 Å². The molecule has 0 saturated heterocycles. The first-order valence-corrected chi connectivity index (χ1v) is 5.69. The number of aryl methyl sites for hydroxylation is 2. The Balaban J connectivity index is 2.82. The van der Waals surface area contributed by atoms with Crippen LogP contribution in [0.4, 0.5) is 0 Å². The summed E-state index contributed by atoms with van der Waals surface area (Å²) in [5.74, 6) is 0. The van der Waals surface area contributed by atoms with E-state index in [1.54, 1.807) is 0 Å². The maximum Gasteiger partial charge on any atom is 0.234 e. The van der Waals surface area contributed by atoms with Gasteiger partial charge in [0.1, 0.15) is 0 Å². The number of hydrogen-bond acceptors (Lipinski definition) is 2. The lowest BCUT2D eigenvalue weighted by atomic mass is 10.2. The van der Waals surface area contributed by atoms with Crippen molar-refractivity contribution in [3.8, 4) is 0 Å². The average molecular weight is 229 g/mol. The quantitative estimate of drug-likeness (QED) is 0.582. The number of carbonyl (C=O) groups excluding carboxylic acids is 1. The van der Waals surface area contributed by atoms with E-state index in [1.165, 1.54) is 22.9 Å². The van der Waals surface area contributed by atoms with Crippen molar-refractivity contribution in [2.75, 3.05) is 0 Å². The molecule has 14 heavy (non-hydrogen) atoms. The van der Waals surface area contributed by atoms with Gasteiger partial charge in [0.2, 0.25) is 5.24 Å². The Bertz CT molecular complexity index is 349. The summed E-state index contributed by atoms with van der Waals surface area (Å²) in [7, 11) is 0. The molecule has 0 heterocycles. The van der Waals surface area contributed by atoms with Gasteiger partial charge in [-0.25, -0.2) is 0 Å². The number of hydrogen-bond donors (Lipinski definition) is 0. The van der Waals surface area contributed by atoms with Crippen molar-refractivity contribution >= 4 is 28.6 Å². The van der Waals surface area contributed by atoms with Crippen LogP contribution in [0.2, 0.25) is 0 Å². The molecule has 0 N–H and O–H groups in total. The standard InChI is InChI=1S/C11H13ClOS/c1-7-4-5-10(8(2)6-7)14-9(3)11(12)13/h4-6,9H,1-3H3. The van der Waals surface area contributed by atoms with Crippen LogP contribution in [0.15, 0.2) is 23.1 Å². The molecule has 1 rings (SSSR count). The Hall–Kier alpha value is -0.470. The highest BCUT2D eigenvalue weighted by atomic mass is 35.5. The van der Waals surface area contributed by atoms with Gasteiger partial charge in [0, 0.05) is 4.90 Å². The van der Waals surface area contributed by atoms with Crippen molar-refractivity contribution in [3.05, 3.63) is 29.3 Å². The lowest BCUT2D eigenvalue weighted by molar-refractivity contribution is -0.111. The first-order chi connectivity index (χ1) is 6.50. The molecule has 0 spiro atoms. The second-order valence-corrected chi connectivity index (χ2v) is 5.09.